The molecule has 0 aromatic heterocycles. The van der Waals surface area contributed by atoms with E-state index < -0.39 is 0 Å². The van der Waals surface area contributed by atoms with Crippen molar-refractivity contribution in [1.29, 1.82) is 0 Å². The first kappa shape index (κ1) is 14.4. The van der Waals surface area contributed by atoms with Crippen molar-refractivity contribution in [3.05, 3.63) is 29.8 Å². The Morgan fingerprint density at radius 1 is 1.19 bits per heavy atom. The van der Waals surface area contributed by atoms with Crippen LogP contribution in [0.4, 0.5) is 0 Å². The van der Waals surface area contributed by atoms with Crippen molar-refractivity contribution < 1.29 is 14.3 Å². The van der Waals surface area contributed by atoms with Crippen LogP contribution in [-0.2, 0) is 9.53 Å². The average molecular weight is 289 g/mol. The number of hydrogen-bond donors (Lipinski definition) is 0. The number of ether oxygens (including phenoxy) is 2. The highest BCUT2D eigenvalue weighted by Crippen LogP contribution is 2.46. The molecule has 0 N–H and O–H groups in total. The van der Waals surface area contributed by atoms with Crippen LogP contribution in [0.2, 0.25) is 0 Å². The molecule has 0 spiro atoms. The first-order valence-electron chi connectivity index (χ1n) is 7.59. The van der Waals surface area contributed by atoms with Gasteiger partial charge in [0.05, 0.1) is 20.1 Å². The van der Waals surface area contributed by atoms with Crippen LogP contribution in [0.3, 0.4) is 0 Å². The molecule has 2 fully saturated rings. The molecule has 3 rings (SSSR count). The van der Waals surface area contributed by atoms with E-state index in [4.69, 9.17) is 9.47 Å². The molecule has 2 bridgehead atoms. The van der Waals surface area contributed by atoms with Crippen molar-refractivity contribution in [1.82, 2.24) is 4.90 Å². The highest BCUT2D eigenvalue weighted by atomic mass is 16.5. The third kappa shape index (κ3) is 2.42. The number of nitrogens with zero attached hydrogens (tertiary/aromatic N) is 1. The summed E-state index contributed by atoms with van der Waals surface area (Å²) >= 11 is 0. The van der Waals surface area contributed by atoms with E-state index >= 15 is 0 Å². The second-order valence-corrected chi connectivity index (χ2v) is 6.13. The van der Waals surface area contributed by atoms with Gasteiger partial charge in [0.25, 0.3) is 0 Å². The fraction of sp³-hybridized carbons (Fsp3) is 0.588. The number of benzene rings is 1. The topological polar surface area (TPSA) is 38.8 Å². The molecule has 114 valence electrons. The Balaban J connectivity index is 1.92. The molecule has 1 aromatic carbocycles. The minimum Gasteiger partial charge on any atom is -0.497 e. The normalized spacial score (nSPS) is 32.0. The third-order valence-corrected chi connectivity index (χ3v) is 5.29. The summed E-state index contributed by atoms with van der Waals surface area (Å²) in [6, 6.07) is 9.02. The average Bonchev–Trinajstić information content (AvgIpc) is 2.76. The van der Waals surface area contributed by atoms with Gasteiger partial charge in [0.15, 0.2) is 0 Å². The predicted octanol–water partition coefficient (Wildman–Crippen LogP) is 2.43. The number of carbonyl (C=O) groups excluding carboxylic acids is 1. The van der Waals surface area contributed by atoms with E-state index in [9.17, 15) is 4.79 Å². The summed E-state index contributed by atoms with van der Waals surface area (Å²) in [5, 5.41) is 0. The maximum Gasteiger partial charge on any atom is 0.310 e. The lowest BCUT2D eigenvalue weighted by Gasteiger charge is -2.41. The maximum absolute atomic E-state index is 12.3. The number of fused-ring (bicyclic) bond motifs is 2. The van der Waals surface area contributed by atoms with E-state index in [-0.39, 0.29) is 17.8 Å². The zero-order valence-electron chi connectivity index (χ0n) is 12.9. The van der Waals surface area contributed by atoms with Crippen molar-refractivity contribution in [3.8, 4) is 5.75 Å². The van der Waals surface area contributed by atoms with Crippen molar-refractivity contribution in [2.24, 2.45) is 5.92 Å². The molecule has 0 radical (unpaired) electrons. The highest BCUT2D eigenvalue weighted by molar-refractivity contribution is 5.75. The molecule has 2 unspecified atom stereocenters. The molecule has 4 heteroatoms. The molecule has 0 amide bonds. The summed E-state index contributed by atoms with van der Waals surface area (Å²) < 4.78 is 10.3. The molecular formula is C17H23NO3. The Bertz CT molecular complexity index is 513. The van der Waals surface area contributed by atoms with E-state index in [1.165, 1.54) is 19.1 Å². The predicted molar refractivity (Wildman–Crippen MR) is 80.4 cm³/mol. The van der Waals surface area contributed by atoms with Gasteiger partial charge in [-0.15, -0.1) is 0 Å². The summed E-state index contributed by atoms with van der Waals surface area (Å²) in [6.07, 6.45) is 3.30. The van der Waals surface area contributed by atoms with Crippen LogP contribution in [0.15, 0.2) is 24.3 Å². The minimum atomic E-state index is -0.0759. The first-order valence-corrected chi connectivity index (χ1v) is 7.59. The third-order valence-electron chi connectivity index (χ3n) is 5.29. The number of esters is 1. The number of methoxy groups -OCH3 is 2. The zero-order chi connectivity index (χ0) is 15.0. The molecule has 2 aliphatic heterocycles. The molecule has 1 aromatic rings. The highest BCUT2D eigenvalue weighted by Gasteiger charge is 2.49. The van der Waals surface area contributed by atoms with Crippen LogP contribution in [0.5, 0.6) is 5.75 Å². The molecule has 2 aliphatic rings. The van der Waals surface area contributed by atoms with Gasteiger partial charge in [-0.2, -0.15) is 0 Å². The molecular weight excluding hydrogens is 266 g/mol. The number of rotatable bonds is 3. The molecule has 21 heavy (non-hydrogen) atoms. The van der Waals surface area contributed by atoms with Crippen LogP contribution in [-0.4, -0.2) is 44.2 Å². The lowest BCUT2D eigenvalue weighted by Crippen LogP contribution is -2.49. The first-order chi connectivity index (χ1) is 10.2. The lowest BCUT2D eigenvalue weighted by molar-refractivity contribution is -0.150. The summed E-state index contributed by atoms with van der Waals surface area (Å²) in [5.41, 5.74) is 1.22. The van der Waals surface area contributed by atoms with Gasteiger partial charge in [0.1, 0.15) is 5.75 Å². The Morgan fingerprint density at radius 3 is 2.52 bits per heavy atom. The van der Waals surface area contributed by atoms with E-state index in [1.54, 1.807) is 7.11 Å². The number of piperidine rings is 1. The molecule has 0 saturated carbocycles. The fourth-order valence-electron chi connectivity index (χ4n) is 4.12. The summed E-state index contributed by atoms with van der Waals surface area (Å²) in [5.74, 6) is 0.960. The monoisotopic (exact) mass is 289 g/mol. The van der Waals surface area contributed by atoms with E-state index in [0.717, 1.165) is 18.6 Å². The maximum atomic E-state index is 12.3. The van der Waals surface area contributed by atoms with Gasteiger partial charge in [-0.25, -0.2) is 0 Å². The standard InChI is InChI=1S/C17H23NO3/c1-18-12-6-9-15(18)16(17(19)21-3)14(10-12)11-4-7-13(20-2)8-5-11/h4-5,7-8,12,14-16H,6,9-10H2,1-3H3/t12-,14-,15?,16?/m1/s1. The van der Waals surface area contributed by atoms with Crippen LogP contribution < -0.4 is 4.74 Å². The number of carbonyl (C=O) groups is 1. The van der Waals surface area contributed by atoms with Crippen LogP contribution >= 0.6 is 0 Å². The van der Waals surface area contributed by atoms with Crippen molar-refractivity contribution in [3.63, 3.8) is 0 Å². The second-order valence-electron chi connectivity index (χ2n) is 6.13. The molecule has 4 atom stereocenters. The number of hydrogen-bond acceptors (Lipinski definition) is 4. The summed E-state index contributed by atoms with van der Waals surface area (Å²) in [4.78, 5) is 14.7. The SMILES string of the molecule is COC(=O)C1C2CC[C@H](C[C@@H]1c1ccc(OC)cc1)N2C. The van der Waals surface area contributed by atoms with Gasteiger partial charge in [0.2, 0.25) is 0 Å². The van der Waals surface area contributed by atoms with Gasteiger partial charge < -0.3 is 9.47 Å². The van der Waals surface area contributed by atoms with E-state index in [1.807, 2.05) is 12.1 Å². The Kier molecular flexibility index (Phi) is 3.89. The molecule has 2 heterocycles. The van der Waals surface area contributed by atoms with Gasteiger partial charge in [0, 0.05) is 18.0 Å². The quantitative estimate of drug-likeness (QED) is 0.801. The van der Waals surface area contributed by atoms with E-state index in [2.05, 4.69) is 24.1 Å². The molecule has 4 nitrogen and oxygen atoms in total. The summed E-state index contributed by atoms with van der Waals surface area (Å²) in [6.45, 7) is 0. The summed E-state index contributed by atoms with van der Waals surface area (Å²) in [7, 11) is 5.30. The fourth-order valence-corrected chi connectivity index (χ4v) is 4.12. The minimum absolute atomic E-state index is 0.0628. The van der Waals surface area contributed by atoms with E-state index in [0.29, 0.717) is 12.1 Å². The van der Waals surface area contributed by atoms with Crippen LogP contribution in [0, 0.1) is 5.92 Å². The second kappa shape index (κ2) is 5.68. The van der Waals surface area contributed by atoms with Crippen LogP contribution in [0.1, 0.15) is 30.7 Å². The van der Waals surface area contributed by atoms with Crippen molar-refractivity contribution in [2.75, 3.05) is 21.3 Å². The smallest absolute Gasteiger partial charge is 0.310 e. The van der Waals surface area contributed by atoms with Gasteiger partial charge in [-0.05, 0) is 44.0 Å². The van der Waals surface area contributed by atoms with Gasteiger partial charge in [-0.3, -0.25) is 9.69 Å². The Morgan fingerprint density at radius 2 is 1.90 bits per heavy atom. The van der Waals surface area contributed by atoms with Gasteiger partial charge >= 0.3 is 5.97 Å². The van der Waals surface area contributed by atoms with Crippen molar-refractivity contribution in [2.45, 2.75) is 37.3 Å². The van der Waals surface area contributed by atoms with Gasteiger partial charge in [-0.1, -0.05) is 12.1 Å². The van der Waals surface area contributed by atoms with Crippen molar-refractivity contribution >= 4 is 5.97 Å². The Labute approximate surface area is 126 Å². The zero-order valence-corrected chi connectivity index (χ0v) is 12.9. The Hall–Kier alpha value is -1.55. The molecule has 2 saturated heterocycles. The largest absolute Gasteiger partial charge is 0.497 e. The lowest BCUT2D eigenvalue weighted by atomic mass is 9.76. The van der Waals surface area contributed by atoms with Crippen LogP contribution in [0.25, 0.3) is 0 Å². The molecule has 0 aliphatic carbocycles.